The molecule has 1 aliphatic carbocycles. The zero-order valence-electron chi connectivity index (χ0n) is 12.7. The van der Waals surface area contributed by atoms with E-state index in [9.17, 15) is 0 Å². The normalized spacial score (nSPS) is 15.1. The summed E-state index contributed by atoms with van der Waals surface area (Å²) in [5, 5.41) is 6.82. The van der Waals surface area contributed by atoms with Gasteiger partial charge in [0.2, 0.25) is 5.95 Å². The Balaban J connectivity index is 1.77. The summed E-state index contributed by atoms with van der Waals surface area (Å²) >= 11 is 0. The highest BCUT2D eigenvalue weighted by molar-refractivity contribution is 5.56. The molecule has 4 nitrogen and oxygen atoms in total. The van der Waals surface area contributed by atoms with E-state index in [0.717, 1.165) is 17.2 Å². The van der Waals surface area contributed by atoms with Gasteiger partial charge < -0.3 is 10.6 Å². The summed E-state index contributed by atoms with van der Waals surface area (Å²) in [6, 6.07) is 10.8. The number of aromatic nitrogens is 2. The number of hydrogen-bond acceptors (Lipinski definition) is 4. The van der Waals surface area contributed by atoms with Crippen molar-refractivity contribution in [3.05, 3.63) is 41.6 Å². The van der Waals surface area contributed by atoms with Gasteiger partial charge in [0.25, 0.3) is 0 Å². The molecule has 110 valence electrons. The molecule has 0 atom stereocenters. The van der Waals surface area contributed by atoms with Gasteiger partial charge in [-0.1, -0.05) is 25.0 Å². The lowest BCUT2D eigenvalue weighted by molar-refractivity contribution is 0.749. The zero-order valence-corrected chi connectivity index (χ0v) is 12.7. The Morgan fingerprint density at radius 1 is 1.05 bits per heavy atom. The van der Waals surface area contributed by atoms with Crippen LogP contribution in [0.1, 0.15) is 36.9 Å². The number of anilines is 3. The first-order valence-corrected chi connectivity index (χ1v) is 7.65. The first-order chi connectivity index (χ1) is 10.2. The van der Waals surface area contributed by atoms with E-state index in [0.29, 0.717) is 12.0 Å². The van der Waals surface area contributed by atoms with Crippen molar-refractivity contribution in [2.45, 2.75) is 45.6 Å². The Bertz CT molecular complexity index is 618. The van der Waals surface area contributed by atoms with E-state index in [2.05, 4.69) is 39.7 Å². The summed E-state index contributed by atoms with van der Waals surface area (Å²) in [5.41, 5.74) is 3.21. The molecule has 1 aromatic heterocycles. The molecule has 3 rings (SSSR count). The van der Waals surface area contributed by atoms with Crippen LogP contribution in [0.2, 0.25) is 0 Å². The predicted molar refractivity (Wildman–Crippen MR) is 87.1 cm³/mol. The molecule has 0 aliphatic heterocycles. The zero-order chi connectivity index (χ0) is 14.7. The van der Waals surface area contributed by atoms with Crippen LogP contribution in [0.15, 0.2) is 30.3 Å². The van der Waals surface area contributed by atoms with Crippen LogP contribution in [0.5, 0.6) is 0 Å². The van der Waals surface area contributed by atoms with Crippen LogP contribution in [0, 0.1) is 13.8 Å². The third-order valence-corrected chi connectivity index (χ3v) is 3.84. The fourth-order valence-electron chi connectivity index (χ4n) is 2.83. The standard InChI is InChI=1S/C17H22N4/c1-12-6-5-9-15(10-12)20-17-18-13(2)11-16(21-17)19-14-7-3-4-8-14/h5-6,9-11,14H,3-4,7-8H2,1-2H3,(H2,18,19,20,21). The molecule has 0 amide bonds. The quantitative estimate of drug-likeness (QED) is 0.882. The molecule has 0 bridgehead atoms. The van der Waals surface area contributed by atoms with Gasteiger partial charge in [-0.05, 0) is 44.4 Å². The van der Waals surface area contributed by atoms with Gasteiger partial charge in [0, 0.05) is 23.5 Å². The van der Waals surface area contributed by atoms with Crippen molar-refractivity contribution in [3.63, 3.8) is 0 Å². The van der Waals surface area contributed by atoms with Crippen LogP contribution in [0.25, 0.3) is 0 Å². The van der Waals surface area contributed by atoms with Gasteiger partial charge in [-0.2, -0.15) is 4.98 Å². The lowest BCUT2D eigenvalue weighted by atomic mass is 10.2. The number of nitrogens with one attached hydrogen (secondary N) is 2. The molecule has 2 N–H and O–H groups in total. The second-order valence-corrected chi connectivity index (χ2v) is 5.84. The van der Waals surface area contributed by atoms with Gasteiger partial charge in [0.15, 0.2) is 0 Å². The summed E-state index contributed by atoms with van der Waals surface area (Å²) in [5.74, 6) is 1.57. The van der Waals surface area contributed by atoms with E-state index in [-0.39, 0.29) is 0 Å². The average molecular weight is 282 g/mol. The van der Waals surface area contributed by atoms with Crippen molar-refractivity contribution in [3.8, 4) is 0 Å². The van der Waals surface area contributed by atoms with E-state index < -0.39 is 0 Å². The molecule has 0 spiro atoms. The van der Waals surface area contributed by atoms with Gasteiger partial charge in [0.1, 0.15) is 5.82 Å². The summed E-state index contributed by atoms with van der Waals surface area (Å²) in [4.78, 5) is 9.06. The second kappa shape index (κ2) is 6.12. The van der Waals surface area contributed by atoms with Gasteiger partial charge in [-0.3, -0.25) is 0 Å². The third-order valence-electron chi connectivity index (χ3n) is 3.84. The molecule has 1 fully saturated rings. The molecular formula is C17H22N4. The van der Waals surface area contributed by atoms with Gasteiger partial charge in [0.05, 0.1) is 0 Å². The molecule has 1 aromatic carbocycles. The monoisotopic (exact) mass is 282 g/mol. The number of nitrogens with zero attached hydrogens (tertiary/aromatic N) is 2. The van der Waals surface area contributed by atoms with Gasteiger partial charge >= 0.3 is 0 Å². The molecule has 4 heteroatoms. The molecular weight excluding hydrogens is 260 g/mol. The van der Waals surface area contributed by atoms with E-state index in [1.807, 2.05) is 25.1 Å². The van der Waals surface area contributed by atoms with Crippen molar-refractivity contribution in [2.24, 2.45) is 0 Å². The summed E-state index contributed by atoms with van der Waals surface area (Å²) in [7, 11) is 0. The van der Waals surface area contributed by atoms with Crippen molar-refractivity contribution >= 4 is 17.5 Å². The fourth-order valence-corrected chi connectivity index (χ4v) is 2.83. The maximum Gasteiger partial charge on any atom is 0.229 e. The Labute approximate surface area is 126 Å². The minimum Gasteiger partial charge on any atom is -0.367 e. The molecule has 1 saturated carbocycles. The highest BCUT2D eigenvalue weighted by Gasteiger charge is 2.15. The lowest BCUT2D eigenvalue weighted by Gasteiger charge is -2.14. The smallest absolute Gasteiger partial charge is 0.229 e. The Morgan fingerprint density at radius 3 is 2.62 bits per heavy atom. The number of hydrogen-bond donors (Lipinski definition) is 2. The van der Waals surface area contributed by atoms with Crippen LogP contribution >= 0.6 is 0 Å². The maximum atomic E-state index is 4.59. The Kier molecular flexibility index (Phi) is 4.04. The SMILES string of the molecule is Cc1cccc(Nc2nc(C)cc(NC3CCCC3)n2)c1. The maximum absolute atomic E-state index is 4.59. The lowest BCUT2D eigenvalue weighted by Crippen LogP contribution is -2.16. The molecule has 0 saturated heterocycles. The van der Waals surface area contributed by atoms with E-state index >= 15 is 0 Å². The van der Waals surface area contributed by atoms with E-state index in [1.54, 1.807) is 0 Å². The molecule has 1 aliphatic rings. The highest BCUT2D eigenvalue weighted by atomic mass is 15.1. The van der Waals surface area contributed by atoms with Crippen molar-refractivity contribution in [2.75, 3.05) is 10.6 Å². The van der Waals surface area contributed by atoms with Crippen LogP contribution < -0.4 is 10.6 Å². The first kappa shape index (κ1) is 13.9. The van der Waals surface area contributed by atoms with Crippen LogP contribution in [-0.2, 0) is 0 Å². The minimum absolute atomic E-state index is 0.561. The first-order valence-electron chi connectivity index (χ1n) is 7.65. The minimum atomic E-state index is 0.561. The van der Waals surface area contributed by atoms with Crippen LogP contribution in [-0.4, -0.2) is 16.0 Å². The van der Waals surface area contributed by atoms with E-state index in [1.165, 1.54) is 31.2 Å². The third kappa shape index (κ3) is 3.72. The summed E-state index contributed by atoms with van der Waals surface area (Å²) in [6.07, 6.45) is 5.11. The number of aryl methyl sites for hydroxylation is 2. The van der Waals surface area contributed by atoms with Crippen molar-refractivity contribution < 1.29 is 0 Å². The van der Waals surface area contributed by atoms with Crippen molar-refractivity contribution in [1.29, 1.82) is 0 Å². The Hall–Kier alpha value is -2.10. The molecule has 21 heavy (non-hydrogen) atoms. The summed E-state index contributed by atoms with van der Waals surface area (Å²) < 4.78 is 0. The van der Waals surface area contributed by atoms with Gasteiger partial charge in [-0.25, -0.2) is 4.98 Å². The number of benzene rings is 1. The van der Waals surface area contributed by atoms with Gasteiger partial charge in [-0.15, -0.1) is 0 Å². The second-order valence-electron chi connectivity index (χ2n) is 5.84. The number of rotatable bonds is 4. The van der Waals surface area contributed by atoms with Crippen molar-refractivity contribution in [1.82, 2.24) is 9.97 Å². The molecule has 0 unspecified atom stereocenters. The van der Waals surface area contributed by atoms with E-state index in [4.69, 9.17) is 0 Å². The Morgan fingerprint density at radius 2 is 1.86 bits per heavy atom. The fraction of sp³-hybridized carbons (Fsp3) is 0.412. The average Bonchev–Trinajstić information content (AvgIpc) is 2.90. The van der Waals surface area contributed by atoms with Crippen LogP contribution in [0.4, 0.5) is 17.5 Å². The van der Waals surface area contributed by atoms with Crippen LogP contribution in [0.3, 0.4) is 0 Å². The largest absolute Gasteiger partial charge is 0.367 e. The molecule has 0 radical (unpaired) electrons. The predicted octanol–water partition coefficient (Wildman–Crippen LogP) is 4.19. The highest BCUT2D eigenvalue weighted by Crippen LogP contribution is 2.23. The molecule has 2 aromatic rings. The summed E-state index contributed by atoms with van der Waals surface area (Å²) in [6.45, 7) is 4.08. The molecule has 1 heterocycles. The topological polar surface area (TPSA) is 49.8 Å².